The van der Waals surface area contributed by atoms with Crippen LogP contribution >= 0.6 is 0 Å². The van der Waals surface area contributed by atoms with Crippen molar-refractivity contribution in [2.45, 2.75) is 20.4 Å². The molecule has 0 aliphatic rings. The third kappa shape index (κ3) is 3.85. The normalized spacial score (nSPS) is 10.6. The van der Waals surface area contributed by atoms with Gasteiger partial charge < -0.3 is 15.6 Å². The minimum absolute atomic E-state index is 0.0254. The van der Waals surface area contributed by atoms with Crippen molar-refractivity contribution >= 4 is 11.8 Å². The van der Waals surface area contributed by atoms with Crippen molar-refractivity contribution in [3.05, 3.63) is 70.1 Å². The van der Waals surface area contributed by atoms with E-state index in [0.717, 1.165) is 11.3 Å². The first-order chi connectivity index (χ1) is 12.0. The van der Waals surface area contributed by atoms with Gasteiger partial charge in [-0.2, -0.15) is 4.98 Å². The Labute approximate surface area is 146 Å². The zero-order valence-electron chi connectivity index (χ0n) is 14.4. The number of anilines is 2. The van der Waals surface area contributed by atoms with Gasteiger partial charge in [-0.15, -0.1) is 0 Å². The highest BCUT2D eigenvalue weighted by Gasteiger charge is 2.08. The molecule has 128 valence electrons. The van der Waals surface area contributed by atoms with E-state index in [9.17, 15) is 4.79 Å². The molecule has 0 atom stereocenters. The second kappa shape index (κ2) is 7.17. The quantitative estimate of drug-likeness (QED) is 0.748. The molecule has 0 fully saturated rings. The van der Waals surface area contributed by atoms with Crippen LogP contribution in [0.5, 0.6) is 0 Å². The van der Waals surface area contributed by atoms with E-state index in [-0.39, 0.29) is 11.5 Å². The van der Waals surface area contributed by atoms with Gasteiger partial charge in [0.15, 0.2) is 0 Å². The van der Waals surface area contributed by atoms with E-state index >= 15 is 0 Å². The molecule has 2 heterocycles. The van der Waals surface area contributed by atoms with Crippen LogP contribution in [0.1, 0.15) is 11.1 Å². The molecule has 0 saturated heterocycles. The summed E-state index contributed by atoms with van der Waals surface area (Å²) in [6.07, 6.45) is 1.76. The second-order valence-corrected chi connectivity index (χ2v) is 5.90. The first kappa shape index (κ1) is 16.7. The minimum Gasteiger partial charge on any atom is -0.368 e. The van der Waals surface area contributed by atoms with Gasteiger partial charge in [0.2, 0.25) is 5.95 Å². The average molecular weight is 335 g/mol. The summed E-state index contributed by atoms with van der Waals surface area (Å²) in [5, 5.41) is 3.21. The Morgan fingerprint density at radius 2 is 1.96 bits per heavy atom. The van der Waals surface area contributed by atoms with E-state index in [2.05, 4.69) is 35.2 Å². The lowest BCUT2D eigenvalue weighted by atomic mass is 10.0. The predicted molar refractivity (Wildman–Crippen MR) is 101 cm³/mol. The van der Waals surface area contributed by atoms with Gasteiger partial charge in [0.25, 0.3) is 5.56 Å². The Hall–Kier alpha value is -3.15. The molecule has 0 aliphatic carbocycles. The second-order valence-electron chi connectivity index (χ2n) is 5.90. The number of nitrogens with two attached hydrogens (primary N) is 1. The standard InChI is InChI=1S/C19H21N5O/c1-13-6-5-7-15(14(13)2)16-12-17(23-19(20)22-16)21-9-11-24-10-4-3-8-18(24)25/h3-8,10,12H,9,11H2,1-2H3,(H3,20,21,22,23). The van der Waals surface area contributed by atoms with Crippen LogP contribution in [0.25, 0.3) is 11.3 Å². The van der Waals surface area contributed by atoms with Crippen LogP contribution in [0, 0.1) is 13.8 Å². The number of nitrogen functional groups attached to an aromatic ring is 1. The van der Waals surface area contributed by atoms with E-state index in [1.165, 1.54) is 11.1 Å². The van der Waals surface area contributed by atoms with E-state index in [4.69, 9.17) is 5.73 Å². The van der Waals surface area contributed by atoms with E-state index in [1.807, 2.05) is 24.3 Å². The molecule has 0 amide bonds. The largest absolute Gasteiger partial charge is 0.368 e. The van der Waals surface area contributed by atoms with Crippen molar-refractivity contribution in [3.8, 4) is 11.3 Å². The number of pyridine rings is 1. The topological polar surface area (TPSA) is 85.8 Å². The van der Waals surface area contributed by atoms with Gasteiger partial charge in [-0.3, -0.25) is 4.79 Å². The fraction of sp³-hybridized carbons (Fsp3) is 0.211. The maximum Gasteiger partial charge on any atom is 0.250 e. The number of hydrogen-bond donors (Lipinski definition) is 2. The summed E-state index contributed by atoms with van der Waals surface area (Å²) in [5.41, 5.74) is 10.0. The molecule has 0 saturated carbocycles. The fourth-order valence-corrected chi connectivity index (χ4v) is 2.67. The summed E-state index contributed by atoms with van der Waals surface area (Å²) in [6, 6.07) is 13.1. The molecule has 3 rings (SSSR count). The number of aromatic nitrogens is 3. The third-order valence-corrected chi connectivity index (χ3v) is 4.18. The van der Waals surface area contributed by atoms with Gasteiger partial charge >= 0.3 is 0 Å². The smallest absolute Gasteiger partial charge is 0.250 e. The third-order valence-electron chi connectivity index (χ3n) is 4.18. The van der Waals surface area contributed by atoms with Crippen molar-refractivity contribution in [1.82, 2.24) is 14.5 Å². The number of nitrogens with one attached hydrogen (secondary N) is 1. The molecule has 6 nitrogen and oxygen atoms in total. The predicted octanol–water partition coefficient (Wildman–Crippen LogP) is 2.62. The molecule has 1 aromatic carbocycles. The van der Waals surface area contributed by atoms with Crippen LogP contribution in [-0.2, 0) is 6.54 Å². The maximum atomic E-state index is 11.7. The molecule has 25 heavy (non-hydrogen) atoms. The fourth-order valence-electron chi connectivity index (χ4n) is 2.67. The van der Waals surface area contributed by atoms with Crippen LogP contribution in [-0.4, -0.2) is 21.1 Å². The van der Waals surface area contributed by atoms with Crippen molar-refractivity contribution in [2.24, 2.45) is 0 Å². The lowest BCUT2D eigenvalue weighted by Gasteiger charge is -2.12. The summed E-state index contributed by atoms with van der Waals surface area (Å²) in [7, 11) is 0. The first-order valence-corrected chi connectivity index (χ1v) is 8.15. The number of hydrogen-bond acceptors (Lipinski definition) is 5. The molecular weight excluding hydrogens is 314 g/mol. The van der Waals surface area contributed by atoms with Crippen molar-refractivity contribution < 1.29 is 0 Å². The van der Waals surface area contributed by atoms with Crippen LogP contribution in [0.2, 0.25) is 0 Å². The molecule has 0 spiro atoms. The highest BCUT2D eigenvalue weighted by Crippen LogP contribution is 2.25. The maximum absolute atomic E-state index is 11.7. The number of nitrogens with zero attached hydrogens (tertiary/aromatic N) is 3. The summed E-state index contributed by atoms with van der Waals surface area (Å²) in [6.45, 7) is 5.24. The molecule has 0 radical (unpaired) electrons. The Kier molecular flexibility index (Phi) is 4.79. The van der Waals surface area contributed by atoms with Gasteiger partial charge in [-0.1, -0.05) is 24.3 Å². The zero-order chi connectivity index (χ0) is 17.8. The van der Waals surface area contributed by atoms with Crippen LogP contribution in [0.15, 0.2) is 53.5 Å². The van der Waals surface area contributed by atoms with Gasteiger partial charge in [0, 0.05) is 37.0 Å². The molecule has 0 bridgehead atoms. The summed E-state index contributed by atoms with van der Waals surface area (Å²) >= 11 is 0. The molecule has 2 aromatic heterocycles. The van der Waals surface area contributed by atoms with Gasteiger partial charge in [0.1, 0.15) is 5.82 Å². The van der Waals surface area contributed by atoms with Crippen molar-refractivity contribution in [1.29, 1.82) is 0 Å². The van der Waals surface area contributed by atoms with E-state index < -0.39 is 0 Å². The lowest BCUT2D eigenvalue weighted by molar-refractivity contribution is 0.696. The monoisotopic (exact) mass is 335 g/mol. The summed E-state index contributed by atoms with van der Waals surface area (Å²) < 4.78 is 1.64. The zero-order valence-corrected chi connectivity index (χ0v) is 14.4. The Bertz CT molecular complexity index is 949. The Morgan fingerprint density at radius 3 is 2.76 bits per heavy atom. The molecule has 3 aromatic rings. The van der Waals surface area contributed by atoms with Crippen LogP contribution in [0.3, 0.4) is 0 Å². The van der Waals surface area contributed by atoms with Gasteiger partial charge in [-0.05, 0) is 31.0 Å². The van der Waals surface area contributed by atoms with Crippen LogP contribution in [0.4, 0.5) is 11.8 Å². The SMILES string of the molecule is Cc1cccc(-c2cc(NCCn3ccccc3=O)nc(N)n2)c1C. The van der Waals surface area contributed by atoms with Crippen molar-refractivity contribution in [3.63, 3.8) is 0 Å². The highest BCUT2D eigenvalue weighted by atomic mass is 16.1. The number of benzene rings is 1. The Morgan fingerprint density at radius 1 is 1.12 bits per heavy atom. The lowest BCUT2D eigenvalue weighted by Crippen LogP contribution is -2.22. The number of aryl methyl sites for hydroxylation is 1. The molecule has 6 heteroatoms. The summed E-state index contributed by atoms with van der Waals surface area (Å²) in [5.74, 6) is 0.866. The van der Waals surface area contributed by atoms with Gasteiger partial charge in [0.05, 0.1) is 5.69 Å². The minimum atomic E-state index is -0.0254. The molecule has 0 unspecified atom stereocenters. The summed E-state index contributed by atoms with van der Waals surface area (Å²) in [4.78, 5) is 20.3. The average Bonchev–Trinajstić information content (AvgIpc) is 2.58. The molecule has 3 N–H and O–H groups in total. The van der Waals surface area contributed by atoms with E-state index in [0.29, 0.717) is 18.9 Å². The van der Waals surface area contributed by atoms with Gasteiger partial charge in [-0.25, -0.2) is 4.98 Å². The molecule has 0 aliphatic heterocycles. The Balaban J connectivity index is 1.79. The number of rotatable bonds is 5. The van der Waals surface area contributed by atoms with Crippen LogP contribution < -0.4 is 16.6 Å². The molecular formula is C19H21N5O. The first-order valence-electron chi connectivity index (χ1n) is 8.15. The van der Waals surface area contributed by atoms with E-state index in [1.54, 1.807) is 22.9 Å². The van der Waals surface area contributed by atoms with Crippen molar-refractivity contribution in [2.75, 3.05) is 17.6 Å². The highest BCUT2D eigenvalue weighted by molar-refractivity contribution is 5.68.